The molecule has 1 heterocycles. The molecule has 2 N–H and O–H groups in total. The molecule has 0 saturated carbocycles. The van der Waals surface area contributed by atoms with Gasteiger partial charge in [-0.05, 0) is 42.5 Å². The van der Waals surface area contributed by atoms with Crippen LogP contribution in [-0.4, -0.2) is 67.5 Å². The second kappa shape index (κ2) is 9.45. The number of hydrogen-bond acceptors (Lipinski definition) is 7. The first-order valence-corrected chi connectivity index (χ1v) is 9.73. The first-order valence-electron chi connectivity index (χ1n) is 9.33. The summed E-state index contributed by atoms with van der Waals surface area (Å²) in [6, 6.07) is 11.7. The van der Waals surface area contributed by atoms with Gasteiger partial charge in [0.1, 0.15) is 5.75 Å². The Morgan fingerprint density at radius 1 is 0.967 bits per heavy atom. The Morgan fingerprint density at radius 2 is 1.57 bits per heavy atom. The second-order valence-corrected chi connectivity index (χ2v) is 7.09. The maximum absolute atomic E-state index is 11.9. The largest absolute Gasteiger partial charge is 0.508 e. The number of methoxy groups -OCH3 is 2. The highest BCUT2D eigenvalue weighted by Crippen LogP contribution is 2.22. The molecule has 1 fully saturated rings. The monoisotopic (exact) mass is 429 g/mol. The van der Waals surface area contributed by atoms with Crippen LogP contribution < -0.4 is 10.2 Å². The maximum atomic E-state index is 11.9. The van der Waals surface area contributed by atoms with Crippen LogP contribution in [0.4, 0.5) is 11.4 Å². The zero-order chi connectivity index (χ0) is 21.7. The number of carbonyl (C=O) groups excluding carboxylic acids is 2. The molecule has 8 nitrogen and oxygen atoms in total. The molecule has 9 heteroatoms. The smallest absolute Gasteiger partial charge is 0.337 e. The molecule has 30 heavy (non-hydrogen) atoms. The number of piperazine rings is 1. The van der Waals surface area contributed by atoms with Crippen LogP contribution in [0.2, 0.25) is 0 Å². The fourth-order valence-electron chi connectivity index (χ4n) is 3.23. The van der Waals surface area contributed by atoms with Gasteiger partial charge in [0.15, 0.2) is 5.11 Å². The van der Waals surface area contributed by atoms with Crippen LogP contribution in [0.25, 0.3) is 0 Å². The normalized spacial score (nSPS) is 13.5. The molecule has 2 aromatic rings. The predicted molar refractivity (Wildman–Crippen MR) is 117 cm³/mol. The number of phenols is 1. The standard InChI is InChI=1S/C21H23N3O5S/c1-28-19(26)14-10-15(20(27)29-2)12-16(11-14)22-21(30)24-8-6-23(7-9-24)17-4-3-5-18(25)13-17/h3-5,10-13,25H,6-9H2,1-2H3,(H,22,30). The van der Waals surface area contributed by atoms with Crippen LogP contribution in [0.5, 0.6) is 5.75 Å². The lowest BCUT2D eigenvalue weighted by Gasteiger charge is -2.37. The van der Waals surface area contributed by atoms with E-state index >= 15 is 0 Å². The summed E-state index contributed by atoms with van der Waals surface area (Å²) in [6.07, 6.45) is 0. The third-order valence-corrected chi connectivity index (χ3v) is 5.15. The minimum absolute atomic E-state index is 0.222. The molecule has 0 radical (unpaired) electrons. The molecule has 1 aliphatic heterocycles. The van der Waals surface area contributed by atoms with Crippen LogP contribution >= 0.6 is 12.2 Å². The van der Waals surface area contributed by atoms with Crippen molar-refractivity contribution in [3.05, 3.63) is 53.6 Å². The number of nitrogens with zero attached hydrogens (tertiary/aromatic N) is 2. The van der Waals surface area contributed by atoms with Gasteiger partial charge in [-0.25, -0.2) is 9.59 Å². The lowest BCUT2D eigenvalue weighted by molar-refractivity contribution is 0.0599. The van der Waals surface area contributed by atoms with Crippen LogP contribution in [-0.2, 0) is 9.47 Å². The van der Waals surface area contributed by atoms with E-state index in [4.69, 9.17) is 21.7 Å². The molecule has 0 aliphatic carbocycles. The van der Waals surface area contributed by atoms with Crippen molar-refractivity contribution < 1.29 is 24.2 Å². The van der Waals surface area contributed by atoms with Crippen molar-refractivity contribution in [3.8, 4) is 5.75 Å². The Morgan fingerprint density at radius 3 is 2.10 bits per heavy atom. The van der Waals surface area contributed by atoms with Crippen LogP contribution in [0, 0.1) is 0 Å². The summed E-state index contributed by atoms with van der Waals surface area (Å²) in [6.45, 7) is 2.84. The molecule has 0 atom stereocenters. The van der Waals surface area contributed by atoms with Gasteiger partial charge in [0.05, 0.1) is 25.3 Å². The molecular weight excluding hydrogens is 406 g/mol. The molecule has 158 valence electrons. The molecular formula is C21H23N3O5S. The third-order valence-electron chi connectivity index (χ3n) is 4.79. The number of carbonyl (C=O) groups is 2. The van der Waals surface area contributed by atoms with Gasteiger partial charge in [-0.15, -0.1) is 0 Å². The number of phenolic OH excluding ortho intramolecular Hbond substituents is 1. The molecule has 0 unspecified atom stereocenters. The van der Waals surface area contributed by atoms with Crippen molar-refractivity contribution in [2.75, 3.05) is 50.6 Å². The minimum Gasteiger partial charge on any atom is -0.508 e. The van der Waals surface area contributed by atoms with Crippen molar-refractivity contribution >= 4 is 40.6 Å². The summed E-state index contributed by atoms with van der Waals surface area (Å²) in [5.74, 6) is -0.886. The van der Waals surface area contributed by atoms with Gasteiger partial charge in [-0.3, -0.25) is 0 Å². The Hall–Kier alpha value is -3.33. The second-order valence-electron chi connectivity index (χ2n) is 6.71. The van der Waals surface area contributed by atoms with Gasteiger partial charge in [0, 0.05) is 43.6 Å². The van der Waals surface area contributed by atoms with E-state index in [1.165, 1.54) is 20.3 Å². The minimum atomic E-state index is -0.561. The molecule has 3 rings (SSSR count). The quantitative estimate of drug-likeness (QED) is 0.562. The average molecular weight is 429 g/mol. The lowest BCUT2D eigenvalue weighted by atomic mass is 10.1. The van der Waals surface area contributed by atoms with E-state index in [2.05, 4.69) is 10.2 Å². The van der Waals surface area contributed by atoms with E-state index in [9.17, 15) is 14.7 Å². The number of rotatable bonds is 4. The van der Waals surface area contributed by atoms with E-state index in [-0.39, 0.29) is 16.9 Å². The molecule has 0 aromatic heterocycles. The number of ether oxygens (including phenoxy) is 2. The summed E-state index contributed by atoms with van der Waals surface area (Å²) in [5, 5.41) is 13.3. The maximum Gasteiger partial charge on any atom is 0.337 e. The zero-order valence-electron chi connectivity index (χ0n) is 16.8. The lowest BCUT2D eigenvalue weighted by Crippen LogP contribution is -2.50. The molecule has 1 saturated heterocycles. The van der Waals surface area contributed by atoms with Crippen molar-refractivity contribution in [1.29, 1.82) is 0 Å². The SMILES string of the molecule is COC(=O)c1cc(NC(=S)N2CCN(c3cccc(O)c3)CC2)cc(C(=O)OC)c1. The van der Waals surface area contributed by atoms with Gasteiger partial charge >= 0.3 is 11.9 Å². The molecule has 0 spiro atoms. The number of benzene rings is 2. The summed E-state index contributed by atoms with van der Waals surface area (Å²) < 4.78 is 9.52. The molecule has 0 bridgehead atoms. The van der Waals surface area contributed by atoms with Crippen LogP contribution in [0.1, 0.15) is 20.7 Å². The number of nitrogens with one attached hydrogen (secondary N) is 1. The Labute approximate surface area is 180 Å². The van der Waals surface area contributed by atoms with Crippen molar-refractivity contribution in [2.24, 2.45) is 0 Å². The highest BCUT2D eigenvalue weighted by atomic mass is 32.1. The van der Waals surface area contributed by atoms with E-state index in [1.54, 1.807) is 24.3 Å². The fraction of sp³-hybridized carbons (Fsp3) is 0.286. The van der Waals surface area contributed by atoms with E-state index < -0.39 is 11.9 Å². The number of hydrogen-bond donors (Lipinski definition) is 2. The number of aromatic hydroxyl groups is 1. The number of thiocarbonyl (C=S) groups is 1. The molecule has 1 aliphatic rings. The summed E-state index contributed by atoms with van der Waals surface area (Å²) in [7, 11) is 2.55. The Bertz CT molecular complexity index is 923. The first kappa shape index (κ1) is 21.4. The first-order chi connectivity index (χ1) is 14.4. The van der Waals surface area contributed by atoms with E-state index in [1.807, 2.05) is 17.0 Å². The Kier molecular flexibility index (Phi) is 6.73. The molecule has 2 aromatic carbocycles. The van der Waals surface area contributed by atoms with Gasteiger partial charge in [-0.1, -0.05) is 6.07 Å². The zero-order valence-corrected chi connectivity index (χ0v) is 17.6. The van der Waals surface area contributed by atoms with Crippen LogP contribution in [0.3, 0.4) is 0 Å². The predicted octanol–water partition coefficient (Wildman–Crippen LogP) is 2.48. The Balaban J connectivity index is 1.68. The number of esters is 2. The van der Waals surface area contributed by atoms with Gasteiger partial charge in [0.2, 0.25) is 0 Å². The molecule has 0 amide bonds. The van der Waals surface area contributed by atoms with Crippen molar-refractivity contribution in [3.63, 3.8) is 0 Å². The highest BCUT2D eigenvalue weighted by Gasteiger charge is 2.20. The van der Waals surface area contributed by atoms with Crippen molar-refractivity contribution in [1.82, 2.24) is 4.90 Å². The van der Waals surface area contributed by atoms with Gasteiger partial charge in [-0.2, -0.15) is 0 Å². The number of anilines is 2. The van der Waals surface area contributed by atoms with Gasteiger partial charge in [0.25, 0.3) is 0 Å². The highest BCUT2D eigenvalue weighted by molar-refractivity contribution is 7.80. The summed E-state index contributed by atoms with van der Waals surface area (Å²) in [5.41, 5.74) is 1.90. The average Bonchev–Trinajstić information content (AvgIpc) is 2.77. The summed E-state index contributed by atoms with van der Waals surface area (Å²) in [4.78, 5) is 28.1. The van der Waals surface area contributed by atoms with Gasteiger partial charge < -0.3 is 29.7 Å². The van der Waals surface area contributed by atoms with E-state index in [0.29, 0.717) is 23.9 Å². The summed E-state index contributed by atoms with van der Waals surface area (Å²) >= 11 is 5.53. The topological polar surface area (TPSA) is 91.3 Å². The third kappa shape index (κ3) is 4.98. The van der Waals surface area contributed by atoms with Crippen molar-refractivity contribution in [2.45, 2.75) is 0 Å². The van der Waals surface area contributed by atoms with E-state index in [0.717, 1.165) is 18.8 Å². The fourth-order valence-corrected chi connectivity index (χ4v) is 3.53. The van der Waals surface area contributed by atoms with Crippen LogP contribution in [0.15, 0.2) is 42.5 Å².